The summed E-state index contributed by atoms with van der Waals surface area (Å²) in [6.45, 7) is 0.173. The monoisotopic (exact) mass is 348 g/mol. The van der Waals surface area contributed by atoms with Gasteiger partial charge < -0.3 is 10.2 Å². The molecule has 0 saturated carbocycles. The molecule has 1 saturated heterocycles. The second kappa shape index (κ2) is 7.81. The van der Waals surface area contributed by atoms with Crippen molar-refractivity contribution in [3.63, 3.8) is 0 Å². The molecule has 0 unspecified atom stereocenters. The van der Waals surface area contributed by atoms with Crippen molar-refractivity contribution in [2.24, 2.45) is 0 Å². The summed E-state index contributed by atoms with van der Waals surface area (Å²) in [6, 6.07) is 0. The van der Waals surface area contributed by atoms with E-state index < -0.39 is 26.8 Å². The van der Waals surface area contributed by atoms with Crippen LogP contribution in [0.3, 0.4) is 0 Å². The zero-order valence-corrected chi connectivity index (χ0v) is 13.1. The number of aliphatic hydroxyl groups excluding tert-OH is 1. The summed E-state index contributed by atoms with van der Waals surface area (Å²) in [7, 11) is -9.68. The highest BCUT2D eigenvalue weighted by atomic mass is 32.3. The Kier molecular flexibility index (Phi) is 6.97. The van der Waals surface area contributed by atoms with Gasteiger partial charge in [0.05, 0.1) is 0 Å². The van der Waals surface area contributed by atoms with Crippen LogP contribution in [-0.4, -0.2) is 39.6 Å². The highest BCUT2D eigenvalue weighted by molar-refractivity contribution is 7.95. The van der Waals surface area contributed by atoms with Crippen LogP contribution in [0.15, 0.2) is 0 Å². The number of rotatable bonds is 9. The minimum atomic E-state index is -4.84. The van der Waals surface area contributed by atoms with Gasteiger partial charge >= 0.3 is 26.8 Å². The maximum atomic E-state index is 11.0. The summed E-state index contributed by atoms with van der Waals surface area (Å²) >= 11 is 0. The summed E-state index contributed by atoms with van der Waals surface area (Å²) in [5.74, 6) is -2.74. The Morgan fingerprint density at radius 2 is 1.19 bits per heavy atom. The van der Waals surface area contributed by atoms with E-state index in [2.05, 4.69) is 12.0 Å². The third-order valence-corrected chi connectivity index (χ3v) is 5.04. The predicted octanol–water partition coefficient (Wildman–Crippen LogP) is 0.299. The van der Waals surface area contributed by atoms with Crippen molar-refractivity contribution in [3.05, 3.63) is 0 Å². The third kappa shape index (κ3) is 7.49. The van der Waals surface area contributed by atoms with Gasteiger partial charge in [-0.15, -0.1) is 3.63 Å². The highest BCUT2D eigenvalue weighted by Crippen LogP contribution is 2.30. The topological polar surface area (TPSA) is 136 Å². The molecule has 1 aliphatic heterocycles. The Labute approximate surface area is 124 Å². The highest BCUT2D eigenvalue weighted by Gasteiger charge is 2.48. The van der Waals surface area contributed by atoms with Crippen LogP contribution >= 0.6 is 0 Å². The largest absolute Gasteiger partial charge is 0.420 e. The molecule has 2 N–H and O–H groups in total. The summed E-state index contributed by atoms with van der Waals surface area (Å²) in [6.07, 6.45) is 5.07. The normalized spacial score (nSPS) is 23.0. The van der Waals surface area contributed by atoms with Gasteiger partial charge in [-0.3, -0.25) is 0 Å². The molecule has 9 nitrogen and oxygen atoms in total. The van der Waals surface area contributed by atoms with Crippen molar-refractivity contribution in [3.8, 4) is 0 Å². The van der Waals surface area contributed by atoms with Gasteiger partial charge in [0.15, 0.2) is 0 Å². The molecule has 0 aromatic rings. The van der Waals surface area contributed by atoms with Gasteiger partial charge in [0.2, 0.25) is 0 Å². The van der Waals surface area contributed by atoms with E-state index in [9.17, 15) is 21.9 Å². The zero-order valence-electron chi connectivity index (χ0n) is 11.4. The molecule has 1 heterocycles. The quantitative estimate of drug-likeness (QED) is 0.563. The fourth-order valence-corrected chi connectivity index (χ4v) is 3.84. The second-order valence-electron chi connectivity index (χ2n) is 4.71. The van der Waals surface area contributed by atoms with Crippen LogP contribution in [0.5, 0.6) is 0 Å². The van der Waals surface area contributed by atoms with Crippen LogP contribution in [0.1, 0.15) is 51.4 Å². The summed E-state index contributed by atoms with van der Waals surface area (Å²) in [4.78, 5) is 0. The van der Waals surface area contributed by atoms with E-state index >= 15 is 0 Å². The number of unbranched alkanes of at least 4 members (excludes halogenated alkanes) is 6. The lowest BCUT2D eigenvalue weighted by Gasteiger charge is -2.28. The number of hydrogen-bond donors (Lipinski definition) is 2. The Morgan fingerprint density at radius 3 is 1.67 bits per heavy atom. The van der Waals surface area contributed by atoms with Crippen molar-refractivity contribution < 1.29 is 39.0 Å². The van der Waals surface area contributed by atoms with Gasteiger partial charge in [0, 0.05) is 13.0 Å². The van der Waals surface area contributed by atoms with Crippen molar-refractivity contribution in [1.29, 1.82) is 0 Å². The van der Waals surface area contributed by atoms with E-state index in [1.807, 2.05) is 0 Å². The molecule has 0 aromatic carbocycles. The second-order valence-corrected chi connectivity index (χ2v) is 7.22. The van der Waals surface area contributed by atoms with E-state index in [-0.39, 0.29) is 13.0 Å². The Balaban J connectivity index is 2.30. The Morgan fingerprint density at radius 1 is 0.762 bits per heavy atom. The molecule has 0 bridgehead atoms. The van der Waals surface area contributed by atoms with Crippen LogP contribution in [0.25, 0.3) is 0 Å². The van der Waals surface area contributed by atoms with Gasteiger partial charge in [-0.2, -0.15) is 25.2 Å². The summed E-state index contributed by atoms with van der Waals surface area (Å²) in [5, 5.41) is 18.3. The molecule has 21 heavy (non-hydrogen) atoms. The maximum absolute atomic E-state index is 11.0. The SMILES string of the molecule is O=S1(=O)OC(O)(CCCCCCCCCO)OS(=O)(=O)O1. The fraction of sp³-hybridized carbons (Fsp3) is 1.00. The molecule has 1 rings (SSSR count). The van der Waals surface area contributed by atoms with Crippen LogP contribution < -0.4 is 0 Å². The lowest BCUT2D eigenvalue weighted by atomic mass is 10.1. The molecule has 1 aliphatic rings. The fourth-order valence-electron chi connectivity index (χ4n) is 1.89. The molecular formula is C10H20O9S2. The average molecular weight is 348 g/mol. The first-order valence-corrected chi connectivity index (χ1v) is 9.30. The lowest BCUT2D eigenvalue weighted by Crippen LogP contribution is -2.45. The molecule has 0 aromatic heterocycles. The van der Waals surface area contributed by atoms with Crippen molar-refractivity contribution >= 4 is 20.8 Å². The van der Waals surface area contributed by atoms with Gasteiger partial charge in [-0.05, 0) is 12.8 Å². The number of hydrogen-bond acceptors (Lipinski definition) is 9. The average Bonchev–Trinajstić information content (AvgIpc) is 2.27. The first-order valence-electron chi connectivity index (χ1n) is 6.63. The smallest absolute Gasteiger partial charge is 0.396 e. The van der Waals surface area contributed by atoms with Crippen LogP contribution in [0.4, 0.5) is 0 Å². The van der Waals surface area contributed by atoms with Crippen molar-refractivity contribution in [1.82, 2.24) is 0 Å². The molecule has 0 radical (unpaired) electrons. The van der Waals surface area contributed by atoms with Crippen LogP contribution in [0.2, 0.25) is 0 Å². The van der Waals surface area contributed by atoms with E-state index in [4.69, 9.17) is 5.11 Å². The van der Waals surface area contributed by atoms with Crippen molar-refractivity contribution in [2.45, 2.75) is 57.3 Å². The summed E-state index contributed by atoms with van der Waals surface area (Å²) < 4.78 is 56.0. The van der Waals surface area contributed by atoms with Crippen LogP contribution in [0, 0.1) is 0 Å². The predicted molar refractivity (Wildman–Crippen MR) is 70.1 cm³/mol. The molecule has 11 heteroatoms. The zero-order chi connectivity index (χ0) is 16.0. The molecule has 1 fully saturated rings. The van der Waals surface area contributed by atoms with Crippen LogP contribution in [-0.2, 0) is 32.8 Å². The van der Waals surface area contributed by atoms with Gasteiger partial charge in [0.1, 0.15) is 0 Å². The van der Waals surface area contributed by atoms with Gasteiger partial charge in [-0.1, -0.05) is 32.1 Å². The molecule has 126 valence electrons. The standard InChI is InChI=1S/C10H20O9S2/c11-9-7-5-3-1-2-4-6-8-10(12)17-20(13,14)19-21(15,16)18-10/h11-12H,1-9H2. The first kappa shape index (κ1) is 18.7. The van der Waals surface area contributed by atoms with E-state index in [1.165, 1.54) is 0 Å². The maximum Gasteiger partial charge on any atom is 0.420 e. The summed E-state index contributed by atoms with van der Waals surface area (Å²) in [5.41, 5.74) is 0. The molecule has 0 atom stereocenters. The minimum absolute atomic E-state index is 0.173. The van der Waals surface area contributed by atoms with Crippen molar-refractivity contribution in [2.75, 3.05) is 6.61 Å². The molecule has 0 amide bonds. The lowest BCUT2D eigenvalue weighted by molar-refractivity contribution is -0.284. The number of aliphatic hydroxyl groups is 2. The molecular weight excluding hydrogens is 328 g/mol. The first-order chi connectivity index (χ1) is 9.68. The van der Waals surface area contributed by atoms with E-state index in [0.29, 0.717) is 12.8 Å². The Hall–Kier alpha value is -0.300. The molecule has 0 aliphatic carbocycles. The van der Waals surface area contributed by atoms with E-state index in [1.54, 1.807) is 0 Å². The minimum Gasteiger partial charge on any atom is -0.396 e. The van der Waals surface area contributed by atoms with E-state index in [0.717, 1.165) is 32.1 Å². The molecule has 0 spiro atoms. The third-order valence-electron chi connectivity index (χ3n) is 2.78. The Bertz CT molecular complexity index is 477. The van der Waals surface area contributed by atoms with Gasteiger partial charge in [0.25, 0.3) is 0 Å². The van der Waals surface area contributed by atoms with Gasteiger partial charge in [-0.25, -0.2) is 0 Å².